The highest BCUT2D eigenvalue weighted by Crippen LogP contribution is 2.35. The fraction of sp³-hybridized carbons (Fsp3) is 0.632. The van der Waals surface area contributed by atoms with Gasteiger partial charge in [-0.2, -0.15) is 0 Å². The smallest absolute Gasteiger partial charge is 0.238 e. The van der Waals surface area contributed by atoms with E-state index in [1.807, 2.05) is 12.1 Å². The Hall–Kier alpha value is -1.75. The average molecular weight is 332 g/mol. The topological polar surface area (TPSA) is 50.8 Å². The Labute approximate surface area is 144 Å². The zero-order chi connectivity index (χ0) is 16.9. The van der Waals surface area contributed by atoms with Crippen molar-refractivity contribution in [3.05, 3.63) is 18.2 Å². The van der Waals surface area contributed by atoms with Crippen LogP contribution in [0, 0.1) is 5.92 Å². The van der Waals surface area contributed by atoms with Crippen molar-refractivity contribution in [1.82, 2.24) is 4.90 Å². The second-order valence-electron chi connectivity index (χ2n) is 6.84. The first-order valence-corrected chi connectivity index (χ1v) is 8.97. The Bertz CT molecular complexity index is 574. The van der Waals surface area contributed by atoms with Crippen molar-refractivity contribution in [1.29, 1.82) is 0 Å². The van der Waals surface area contributed by atoms with Crippen LogP contribution in [0.1, 0.15) is 38.5 Å². The summed E-state index contributed by atoms with van der Waals surface area (Å²) in [6.45, 7) is 1.52. The molecule has 1 saturated heterocycles. The van der Waals surface area contributed by atoms with E-state index in [1.165, 1.54) is 38.5 Å². The molecule has 2 atom stereocenters. The molecular weight excluding hydrogens is 304 g/mol. The van der Waals surface area contributed by atoms with Gasteiger partial charge in [0, 0.05) is 17.8 Å². The van der Waals surface area contributed by atoms with Crippen molar-refractivity contribution >= 4 is 11.6 Å². The molecule has 0 unspecified atom stereocenters. The van der Waals surface area contributed by atoms with Gasteiger partial charge in [-0.15, -0.1) is 0 Å². The lowest BCUT2D eigenvalue weighted by atomic mass is 9.78. The molecule has 1 saturated carbocycles. The molecule has 2 fully saturated rings. The standard InChI is InChI=1S/C19H28N2O3/c1-23-17-10-9-15(12-18(17)24-2)20-19(22)13-21-11-5-7-14-6-3-4-8-16(14)21/h9-10,12,14,16H,3-8,11,13H2,1-2H3,(H,20,22)/t14-,16-/m0/s1. The highest BCUT2D eigenvalue weighted by molar-refractivity contribution is 5.92. The molecule has 5 heteroatoms. The third kappa shape index (κ3) is 3.83. The van der Waals surface area contributed by atoms with Crippen LogP contribution in [0.5, 0.6) is 11.5 Å². The van der Waals surface area contributed by atoms with E-state index >= 15 is 0 Å². The quantitative estimate of drug-likeness (QED) is 0.899. The molecule has 1 heterocycles. The maximum Gasteiger partial charge on any atom is 0.238 e. The van der Waals surface area contributed by atoms with Gasteiger partial charge in [0.15, 0.2) is 11.5 Å². The maximum absolute atomic E-state index is 12.5. The van der Waals surface area contributed by atoms with Crippen LogP contribution < -0.4 is 14.8 Å². The van der Waals surface area contributed by atoms with Crippen LogP contribution in [0.4, 0.5) is 5.69 Å². The van der Waals surface area contributed by atoms with E-state index in [1.54, 1.807) is 20.3 Å². The van der Waals surface area contributed by atoms with Crippen LogP contribution in [0.3, 0.4) is 0 Å². The number of piperidine rings is 1. The van der Waals surface area contributed by atoms with E-state index in [0.29, 0.717) is 24.1 Å². The summed E-state index contributed by atoms with van der Waals surface area (Å²) in [4.78, 5) is 14.9. The van der Waals surface area contributed by atoms with Gasteiger partial charge in [-0.05, 0) is 50.3 Å². The van der Waals surface area contributed by atoms with Crippen molar-refractivity contribution in [3.63, 3.8) is 0 Å². The van der Waals surface area contributed by atoms with Crippen LogP contribution in [0.2, 0.25) is 0 Å². The summed E-state index contributed by atoms with van der Waals surface area (Å²) in [5, 5.41) is 2.99. The minimum atomic E-state index is 0.0495. The van der Waals surface area contributed by atoms with Crippen LogP contribution in [0.25, 0.3) is 0 Å². The first-order valence-electron chi connectivity index (χ1n) is 8.97. The lowest BCUT2D eigenvalue weighted by Crippen LogP contribution is -2.49. The van der Waals surface area contributed by atoms with E-state index in [2.05, 4.69) is 10.2 Å². The third-order valence-electron chi connectivity index (χ3n) is 5.37. The number of nitrogens with zero attached hydrogens (tertiary/aromatic N) is 1. The predicted octanol–water partition coefficient (Wildman–Crippen LogP) is 3.30. The largest absolute Gasteiger partial charge is 0.493 e. The molecule has 0 radical (unpaired) electrons. The Kier molecular flexibility index (Phi) is 5.61. The summed E-state index contributed by atoms with van der Waals surface area (Å²) in [7, 11) is 3.20. The Balaban J connectivity index is 1.60. The molecule has 1 aromatic rings. The number of benzene rings is 1. The average Bonchev–Trinajstić information content (AvgIpc) is 2.62. The van der Waals surface area contributed by atoms with Crippen molar-refractivity contribution in [2.75, 3.05) is 32.6 Å². The van der Waals surface area contributed by atoms with Crippen LogP contribution in [-0.2, 0) is 4.79 Å². The van der Waals surface area contributed by atoms with Crippen LogP contribution in [-0.4, -0.2) is 44.2 Å². The zero-order valence-electron chi connectivity index (χ0n) is 14.7. The molecule has 1 aliphatic carbocycles. The molecule has 0 bridgehead atoms. The number of ether oxygens (including phenoxy) is 2. The van der Waals surface area contributed by atoms with Crippen molar-refractivity contribution in [2.45, 2.75) is 44.6 Å². The normalized spacial score (nSPS) is 24.1. The lowest BCUT2D eigenvalue weighted by Gasteiger charge is -2.43. The Morgan fingerprint density at radius 2 is 1.88 bits per heavy atom. The number of hydrogen-bond donors (Lipinski definition) is 1. The molecular formula is C19H28N2O3. The number of likely N-dealkylation sites (tertiary alicyclic amines) is 1. The lowest BCUT2D eigenvalue weighted by molar-refractivity contribution is -0.118. The van der Waals surface area contributed by atoms with E-state index in [4.69, 9.17) is 9.47 Å². The summed E-state index contributed by atoms with van der Waals surface area (Å²) in [6, 6.07) is 6.06. The Morgan fingerprint density at radius 3 is 2.67 bits per heavy atom. The molecule has 3 rings (SSSR count). The van der Waals surface area contributed by atoms with Gasteiger partial charge in [0.1, 0.15) is 0 Å². The zero-order valence-corrected chi connectivity index (χ0v) is 14.7. The number of rotatable bonds is 5. The third-order valence-corrected chi connectivity index (χ3v) is 5.37. The summed E-state index contributed by atoms with van der Waals surface area (Å²) in [5.41, 5.74) is 0.745. The van der Waals surface area contributed by atoms with E-state index < -0.39 is 0 Å². The first kappa shape index (κ1) is 17.1. The summed E-state index contributed by atoms with van der Waals surface area (Å²) >= 11 is 0. The minimum Gasteiger partial charge on any atom is -0.493 e. The molecule has 2 aliphatic rings. The van der Waals surface area contributed by atoms with Gasteiger partial charge < -0.3 is 14.8 Å². The molecule has 0 aromatic heterocycles. The van der Waals surface area contributed by atoms with Crippen LogP contribution >= 0.6 is 0 Å². The highest BCUT2D eigenvalue weighted by atomic mass is 16.5. The number of amides is 1. The summed E-state index contributed by atoms with van der Waals surface area (Å²) in [6.07, 6.45) is 7.78. The summed E-state index contributed by atoms with van der Waals surface area (Å²) in [5.74, 6) is 2.13. The molecule has 1 N–H and O–H groups in total. The van der Waals surface area contributed by atoms with Crippen molar-refractivity contribution in [3.8, 4) is 11.5 Å². The van der Waals surface area contributed by atoms with Gasteiger partial charge in [0.2, 0.25) is 5.91 Å². The van der Waals surface area contributed by atoms with Crippen LogP contribution in [0.15, 0.2) is 18.2 Å². The minimum absolute atomic E-state index is 0.0495. The number of fused-ring (bicyclic) bond motifs is 1. The van der Waals surface area contributed by atoms with Gasteiger partial charge in [0.05, 0.1) is 20.8 Å². The second kappa shape index (κ2) is 7.88. The molecule has 1 aromatic carbocycles. The highest BCUT2D eigenvalue weighted by Gasteiger charge is 2.33. The van der Waals surface area contributed by atoms with Crippen molar-refractivity contribution in [2.24, 2.45) is 5.92 Å². The van der Waals surface area contributed by atoms with Gasteiger partial charge in [0.25, 0.3) is 0 Å². The van der Waals surface area contributed by atoms with Gasteiger partial charge in [-0.1, -0.05) is 12.8 Å². The summed E-state index contributed by atoms with van der Waals surface area (Å²) < 4.78 is 10.5. The van der Waals surface area contributed by atoms with E-state index in [0.717, 1.165) is 18.2 Å². The SMILES string of the molecule is COc1ccc(NC(=O)CN2CCC[C@@H]3CCCC[C@@H]32)cc1OC. The fourth-order valence-corrected chi connectivity index (χ4v) is 4.22. The van der Waals surface area contributed by atoms with Gasteiger partial charge >= 0.3 is 0 Å². The maximum atomic E-state index is 12.5. The van der Waals surface area contributed by atoms with Crippen molar-refractivity contribution < 1.29 is 14.3 Å². The molecule has 24 heavy (non-hydrogen) atoms. The number of carbonyl (C=O) groups is 1. The van der Waals surface area contributed by atoms with E-state index in [9.17, 15) is 4.79 Å². The van der Waals surface area contributed by atoms with Gasteiger partial charge in [-0.3, -0.25) is 9.69 Å². The fourth-order valence-electron chi connectivity index (χ4n) is 4.22. The monoisotopic (exact) mass is 332 g/mol. The predicted molar refractivity (Wildman–Crippen MR) is 94.7 cm³/mol. The number of anilines is 1. The number of carbonyl (C=O) groups excluding carboxylic acids is 1. The molecule has 1 aliphatic heterocycles. The number of nitrogens with one attached hydrogen (secondary N) is 1. The first-order chi connectivity index (χ1) is 11.7. The molecule has 132 valence electrons. The van der Waals surface area contributed by atoms with Gasteiger partial charge in [-0.25, -0.2) is 0 Å². The molecule has 5 nitrogen and oxygen atoms in total. The van der Waals surface area contributed by atoms with E-state index in [-0.39, 0.29) is 5.91 Å². The molecule has 0 spiro atoms. The number of hydrogen-bond acceptors (Lipinski definition) is 4. The number of methoxy groups -OCH3 is 2. The Morgan fingerprint density at radius 1 is 1.12 bits per heavy atom. The molecule has 1 amide bonds. The second-order valence-corrected chi connectivity index (χ2v) is 6.84.